The first-order valence-corrected chi connectivity index (χ1v) is 9.20. The van der Waals surface area contributed by atoms with E-state index < -0.39 is 0 Å². The quantitative estimate of drug-likeness (QED) is 0.640. The van der Waals surface area contributed by atoms with Gasteiger partial charge in [0.2, 0.25) is 0 Å². The first kappa shape index (κ1) is 16.5. The minimum absolute atomic E-state index is 0.547. The topological polar surface area (TPSA) is 36.4 Å². The second-order valence-electron chi connectivity index (χ2n) is 5.33. The number of nitrogens with zero attached hydrogens (tertiary/aromatic N) is 1. The Kier molecular flexibility index (Phi) is 6.71. The van der Waals surface area contributed by atoms with Gasteiger partial charge >= 0.3 is 0 Å². The number of hydrogen-bond acceptors (Lipinski definition) is 2. The van der Waals surface area contributed by atoms with Crippen LogP contribution in [0.25, 0.3) is 0 Å². The van der Waals surface area contributed by atoms with Gasteiger partial charge in [0.1, 0.15) is 0 Å². The van der Waals surface area contributed by atoms with E-state index in [0.29, 0.717) is 12.6 Å². The predicted molar refractivity (Wildman–Crippen MR) is 94.3 cm³/mol. The largest absolute Gasteiger partial charge is 0.357 e. The maximum atomic E-state index is 5.90. The highest BCUT2D eigenvalue weighted by molar-refractivity contribution is 7.99. The van der Waals surface area contributed by atoms with Gasteiger partial charge < -0.3 is 10.6 Å². The van der Waals surface area contributed by atoms with Crippen LogP contribution in [-0.2, 0) is 6.54 Å². The molecule has 5 heteroatoms. The Morgan fingerprint density at radius 3 is 2.71 bits per heavy atom. The molecule has 1 aliphatic rings. The Morgan fingerprint density at radius 2 is 2.10 bits per heavy atom. The van der Waals surface area contributed by atoms with Crippen LogP contribution in [0.1, 0.15) is 31.7 Å². The summed E-state index contributed by atoms with van der Waals surface area (Å²) >= 11 is 7.88. The molecule has 21 heavy (non-hydrogen) atoms. The van der Waals surface area contributed by atoms with Gasteiger partial charge in [0.25, 0.3) is 0 Å². The van der Waals surface area contributed by atoms with Gasteiger partial charge in [-0.15, -0.1) is 0 Å². The molecule has 3 nitrogen and oxygen atoms in total. The molecular weight excluding hydrogens is 302 g/mol. The Hall–Kier alpha value is -0.870. The van der Waals surface area contributed by atoms with Crippen LogP contribution in [0.5, 0.6) is 0 Å². The maximum absolute atomic E-state index is 5.90. The van der Waals surface area contributed by atoms with Crippen LogP contribution in [0.3, 0.4) is 0 Å². The molecule has 1 fully saturated rings. The van der Waals surface area contributed by atoms with Crippen molar-refractivity contribution in [1.29, 1.82) is 0 Å². The van der Waals surface area contributed by atoms with Gasteiger partial charge in [0.05, 0.1) is 6.54 Å². The van der Waals surface area contributed by atoms with Crippen molar-refractivity contribution in [2.45, 2.75) is 44.0 Å². The van der Waals surface area contributed by atoms with Crippen molar-refractivity contribution in [1.82, 2.24) is 10.6 Å². The van der Waals surface area contributed by atoms with E-state index in [-0.39, 0.29) is 0 Å². The highest BCUT2D eigenvalue weighted by Crippen LogP contribution is 2.28. The number of rotatable bonds is 5. The molecule has 0 aliphatic heterocycles. The Morgan fingerprint density at radius 1 is 1.33 bits per heavy atom. The summed E-state index contributed by atoms with van der Waals surface area (Å²) in [5.74, 6) is 0.916. The second kappa shape index (κ2) is 8.54. The zero-order valence-corrected chi connectivity index (χ0v) is 14.3. The molecule has 1 aromatic carbocycles. The third-order valence-electron chi connectivity index (χ3n) is 3.74. The molecular formula is C16H24ClN3S. The number of thioether (sulfide) groups is 1. The SMILES string of the molecule is CCNC(=NCc1ccc(Cl)cc1)NC1CCC(SC)C1. The van der Waals surface area contributed by atoms with Gasteiger partial charge in [-0.2, -0.15) is 11.8 Å². The number of nitrogens with one attached hydrogen (secondary N) is 2. The van der Waals surface area contributed by atoms with Gasteiger partial charge in [-0.1, -0.05) is 23.7 Å². The number of halogens is 1. The lowest BCUT2D eigenvalue weighted by Crippen LogP contribution is -2.42. The molecule has 0 radical (unpaired) electrons. The average molecular weight is 326 g/mol. The average Bonchev–Trinajstić information content (AvgIpc) is 2.94. The molecule has 0 spiro atoms. The normalized spacial score (nSPS) is 22.3. The number of guanidine groups is 1. The van der Waals surface area contributed by atoms with E-state index in [4.69, 9.17) is 11.6 Å². The van der Waals surface area contributed by atoms with Gasteiger partial charge in [0.15, 0.2) is 5.96 Å². The molecule has 0 aromatic heterocycles. The number of benzene rings is 1. The third-order valence-corrected chi connectivity index (χ3v) is 5.08. The highest BCUT2D eigenvalue weighted by Gasteiger charge is 2.24. The molecule has 2 unspecified atom stereocenters. The summed E-state index contributed by atoms with van der Waals surface area (Å²) in [6.07, 6.45) is 5.96. The van der Waals surface area contributed by atoms with Gasteiger partial charge in [0, 0.05) is 22.9 Å². The summed E-state index contributed by atoms with van der Waals surface area (Å²) < 4.78 is 0. The molecule has 116 valence electrons. The molecule has 0 saturated heterocycles. The lowest BCUT2D eigenvalue weighted by atomic mass is 10.2. The maximum Gasteiger partial charge on any atom is 0.191 e. The molecule has 0 heterocycles. The molecule has 0 bridgehead atoms. The lowest BCUT2D eigenvalue weighted by Gasteiger charge is -2.17. The highest BCUT2D eigenvalue weighted by atomic mass is 35.5. The molecule has 1 saturated carbocycles. The van der Waals surface area contributed by atoms with E-state index in [2.05, 4.69) is 28.8 Å². The van der Waals surface area contributed by atoms with E-state index in [9.17, 15) is 0 Å². The first-order valence-electron chi connectivity index (χ1n) is 7.53. The Labute approximate surface area is 136 Å². The molecule has 2 rings (SSSR count). The van der Waals surface area contributed by atoms with Crippen LogP contribution in [0.15, 0.2) is 29.3 Å². The van der Waals surface area contributed by atoms with Crippen molar-refractivity contribution >= 4 is 29.3 Å². The predicted octanol–water partition coefficient (Wildman–Crippen LogP) is 3.68. The van der Waals surface area contributed by atoms with Crippen LogP contribution < -0.4 is 10.6 Å². The fourth-order valence-corrected chi connectivity index (χ4v) is 3.48. The monoisotopic (exact) mass is 325 g/mol. The third kappa shape index (κ3) is 5.44. The minimum atomic E-state index is 0.547. The van der Waals surface area contributed by atoms with E-state index in [1.54, 1.807) is 0 Å². The lowest BCUT2D eigenvalue weighted by molar-refractivity contribution is 0.615. The van der Waals surface area contributed by atoms with Gasteiger partial charge in [-0.3, -0.25) is 0 Å². The number of aliphatic imine (C=N–C) groups is 1. The molecule has 0 amide bonds. The number of hydrogen-bond donors (Lipinski definition) is 2. The smallest absolute Gasteiger partial charge is 0.191 e. The fourth-order valence-electron chi connectivity index (χ4n) is 2.56. The summed E-state index contributed by atoms with van der Waals surface area (Å²) in [6.45, 7) is 3.65. The van der Waals surface area contributed by atoms with Crippen LogP contribution in [-0.4, -0.2) is 30.1 Å². The first-order chi connectivity index (χ1) is 10.2. The van der Waals surface area contributed by atoms with Crippen molar-refractivity contribution in [3.63, 3.8) is 0 Å². The molecule has 1 aliphatic carbocycles. The standard InChI is InChI=1S/C16H24ClN3S/c1-3-18-16(20-14-8-9-15(10-14)21-2)19-11-12-4-6-13(17)7-5-12/h4-7,14-15H,3,8-11H2,1-2H3,(H2,18,19,20). The minimum Gasteiger partial charge on any atom is -0.357 e. The Balaban J connectivity index is 1.91. The van der Waals surface area contributed by atoms with E-state index in [0.717, 1.165) is 22.8 Å². The molecule has 1 aromatic rings. The van der Waals surface area contributed by atoms with E-state index >= 15 is 0 Å². The van der Waals surface area contributed by atoms with Crippen LogP contribution in [0.4, 0.5) is 0 Å². The Bertz CT molecular complexity index is 461. The van der Waals surface area contributed by atoms with Gasteiger partial charge in [-0.25, -0.2) is 4.99 Å². The zero-order chi connectivity index (χ0) is 15.1. The van der Waals surface area contributed by atoms with Crippen molar-refractivity contribution in [3.05, 3.63) is 34.9 Å². The van der Waals surface area contributed by atoms with E-state index in [1.165, 1.54) is 24.8 Å². The van der Waals surface area contributed by atoms with Crippen LogP contribution in [0, 0.1) is 0 Å². The zero-order valence-electron chi connectivity index (χ0n) is 12.7. The van der Waals surface area contributed by atoms with E-state index in [1.807, 2.05) is 36.0 Å². The van der Waals surface area contributed by atoms with Crippen LogP contribution in [0.2, 0.25) is 5.02 Å². The van der Waals surface area contributed by atoms with Crippen molar-refractivity contribution < 1.29 is 0 Å². The van der Waals surface area contributed by atoms with Crippen molar-refractivity contribution in [2.24, 2.45) is 4.99 Å². The molecule has 2 N–H and O–H groups in total. The second-order valence-corrected chi connectivity index (χ2v) is 6.91. The fraction of sp³-hybridized carbons (Fsp3) is 0.562. The van der Waals surface area contributed by atoms with Gasteiger partial charge in [-0.05, 0) is 50.1 Å². The summed E-state index contributed by atoms with van der Waals surface area (Å²) in [7, 11) is 0. The van der Waals surface area contributed by atoms with Crippen LogP contribution >= 0.6 is 23.4 Å². The molecule has 2 atom stereocenters. The van der Waals surface area contributed by atoms with Crippen molar-refractivity contribution in [3.8, 4) is 0 Å². The summed E-state index contributed by atoms with van der Waals surface area (Å²) in [5, 5.41) is 8.45. The summed E-state index contributed by atoms with van der Waals surface area (Å²) in [5.41, 5.74) is 1.17. The summed E-state index contributed by atoms with van der Waals surface area (Å²) in [4.78, 5) is 4.67. The summed E-state index contributed by atoms with van der Waals surface area (Å²) in [6, 6.07) is 8.41. The van der Waals surface area contributed by atoms with Crippen molar-refractivity contribution in [2.75, 3.05) is 12.8 Å².